The van der Waals surface area contributed by atoms with Crippen molar-refractivity contribution in [3.63, 3.8) is 0 Å². The molecule has 0 aromatic heterocycles. The number of nitrogens with one attached hydrogen (secondary N) is 1. The maximum absolute atomic E-state index is 11.0. The summed E-state index contributed by atoms with van der Waals surface area (Å²) in [4.78, 5) is 11.0. The van der Waals surface area contributed by atoms with Gasteiger partial charge >= 0.3 is 5.97 Å². The second-order valence-corrected chi connectivity index (χ2v) is 2.54. The molecule has 0 aromatic carbocycles. The fourth-order valence-corrected chi connectivity index (χ4v) is 1.16. The maximum Gasteiger partial charge on any atom is 0.325 e. The van der Waals surface area contributed by atoms with Gasteiger partial charge in [-0.2, -0.15) is 0 Å². The Morgan fingerprint density at radius 2 is 2.55 bits per heavy atom. The van der Waals surface area contributed by atoms with Gasteiger partial charge in [-0.25, -0.2) is 0 Å². The first kappa shape index (κ1) is 8.49. The summed E-state index contributed by atoms with van der Waals surface area (Å²) in [5.41, 5.74) is 0. The van der Waals surface area contributed by atoms with Gasteiger partial charge in [0.15, 0.2) is 0 Å². The number of hydrogen-bond donors (Lipinski definition) is 2. The molecule has 1 saturated heterocycles. The van der Waals surface area contributed by atoms with Gasteiger partial charge in [-0.15, -0.1) is 0 Å². The Morgan fingerprint density at radius 1 is 1.82 bits per heavy atom. The zero-order chi connectivity index (χ0) is 8.27. The zero-order valence-electron chi connectivity index (χ0n) is 6.54. The van der Waals surface area contributed by atoms with Crippen molar-refractivity contribution in [3.8, 4) is 0 Å². The normalized spacial score (nSPS) is 30.4. The molecular formula is C7H13NO3. The van der Waals surface area contributed by atoms with E-state index >= 15 is 0 Å². The van der Waals surface area contributed by atoms with Crippen molar-refractivity contribution in [2.24, 2.45) is 0 Å². The lowest BCUT2D eigenvalue weighted by Gasteiger charge is -2.12. The molecule has 11 heavy (non-hydrogen) atoms. The molecule has 0 spiro atoms. The molecule has 64 valence electrons. The number of esters is 1. The fraction of sp³-hybridized carbons (Fsp3) is 0.857. The molecule has 0 amide bonds. The van der Waals surface area contributed by atoms with E-state index in [1.807, 2.05) is 0 Å². The van der Waals surface area contributed by atoms with Crippen molar-refractivity contribution in [2.45, 2.75) is 25.5 Å². The smallest absolute Gasteiger partial charge is 0.325 e. The molecule has 0 radical (unpaired) electrons. The summed E-state index contributed by atoms with van der Waals surface area (Å²) in [6, 6.07) is -0.505. The van der Waals surface area contributed by atoms with Crippen LogP contribution in [0.15, 0.2) is 0 Å². The number of carbonyl (C=O) groups excluding carboxylic acids is 1. The van der Waals surface area contributed by atoms with Crippen molar-refractivity contribution in [2.75, 3.05) is 13.2 Å². The van der Waals surface area contributed by atoms with Crippen molar-refractivity contribution in [1.29, 1.82) is 0 Å². The first-order chi connectivity index (χ1) is 5.25. The van der Waals surface area contributed by atoms with E-state index in [0.717, 1.165) is 0 Å². The molecule has 0 aromatic rings. The van der Waals surface area contributed by atoms with Crippen molar-refractivity contribution in [1.82, 2.24) is 5.32 Å². The molecule has 0 unspecified atom stereocenters. The topological polar surface area (TPSA) is 58.6 Å². The van der Waals surface area contributed by atoms with E-state index in [4.69, 9.17) is 4.74 Å². The molecule has 2 N–H and O–H groups in total. The summed E-state index contributed by atoms with van der Waals surface area (Å²) < 4.78 is 4.73. The maximum atomic E-state index is 11.0. The molecule has 1 aliphatic rings. The lowest BCUT2D eigenvalue weighted by atomic mass is 10.2. The lowest BCUT2D eigenvalue weighted by Crippen LogP contribution is -2.39. The van der Waals surface area contributed by atoms with E-state index in [1.165, 1.54) is 0 Å². The van der Waals surface area contributed by atoms with Crippen LogP contribution in [0.1, 0.15) is 13.3 Å². The van der Waals surface area contributed by atoms with E-state index in [9.17, 15) is 9.90 Å². The zero-order valence-corrected chi connectivity index (χ0v) is 6.54. The predicted octanol–water partition coefficient (Wildman–Crippen LogP) is -0.728. The highest BCUT2D eigenvalue weighted by Gasteiger charge is 2.31. The quantitative estimate of drug-likeness (QED) is 0.522. The van der Waals surface area contributed by atoms with Crippen LogP contribution in [-0.4, -0.2) is 36.4 Å². The first-order valence-corrected chi connectivity index (χ1v) is 3.83. The van der Waals surface area contributed by atoms with E-state index in [-0.39, 0.29) is 5.97 Å². The summed E-state index contributed by atoms with van der Waals surface area (Å²) in [5.74, 6) is -0.350. The molecule has 1 heterocycles. The van der Waals surface area contributed by atoms with Gasteiger partial charge in [0.2, 0.25) is 0 Å². The molecule has 2 atom stereocenters. The number of aliphatic hydroxyl groups is 1. The van der Waals surface area contributed by atoms with E-state index in [1.54, 1.807) is 6.92 Å². The summed E-state index contributed by atoms with van der Waals surface area (Å²) in [5, 5.41) is 12.1. The molecular weight excluding hydrogens is 146 g/mol. The van der Waals surface area contributed by atoms with Crippen LogP contribution in [0.3, 0.4) is 0 Å². The van der Waals surface area contributed by atoms with Crippen molar-refractivity contribution >= 4 is 5.97 Å². The van der Waals surface area contributed by atoms with Gasteiger partial charge in [-0.3, -0.25) is 4.79 Å². The third-order valence-electron chi connectivity index (χ3n) is 1.73. The van der Waals surface area contributed by atoms with Crippen LogP contribution in [0, 0.1) is 0 Å². The Hall–Kier alpha value is -0.610. The molecule has 1 rings (SSSR count). The standard InChI is InChI=1S/C7H13NO3/c1-2-11-7(10)6-5(9)3-4-8-6/h5-6,8-9H,2-4H2,1H3/t5-,6-/m0/s1. The minimum Gasteiger partial charge on any atom is -0.465 e. The Morgan fingerprint density at radius 3 is 3.00 bits per heavy atom. The number of rotatable bonds is 2. The molecule has 0 aliphatic carbocycles. The highest BCUT2D eigenvalue weighted by molar-refractivity contribution is 5.76. The van der Waals surface area contributed by atoms with Gasteiger partial charge in [-0.1, -0.05) is 0 Å². The van der Waals surface area contributed by atoms with Gasteiger partial charge in [0, 0.05) is 0 Å². The first-order valence-electron chi connectivity index (χ1n) is 3.83. The van der Waals surface area contributed by atoms with Gasteiger partial charge in [0.1, 0.15) is 6.04 Å². The number of aliphatic hydroxyl groups excluding tert-OH is 1. The minimum atomic E-state index is -0.575. The second kappa shape index (κ2) is 3.69. The number of carbonyl (C=O) groups is 1. The monoisotopic (exact) mass is 159 g/mol. The molecule has 4 nitrogen and oxygen atoms in total. The largest absolute Gasteiger partial charge is 0.465 e. The highest BCUT2D eigenvalue weighted by Crippen LogP contribution is 2.07. The van der Waals surface area contributed by atoms with Crippen LogP contribution < -0.4 is 5.32 Å². The molecule has 0 saturated carbocycles. The number of ether oxygens (including phenoxy) is 1. The fourth-order valence-electron chi connectivity index (χ4n) is 1.16. The van der Waals surface area contributed by atoms with Crippen LogP contribution in [0.5, 0.6) is 0 Å². The van der Waals surface area contributed by atoms with Crippen LogP contribution in [0.25, 0.3) is 0 Å². The van der Waals surface area contributed by atoms with Crippen LogP contribution in [-0.2, 0) is 9.53 Å². The average molecular weight is 159 g/mol. The van der Waals surface area contributed by atoms with Crippen LogP contribution >= 0.6 is 0 Å². The minimum absolute atomic E-state index is 0.350. The molecule has 1 aliphatic heterocycles. The van der Waals surface area contributed by atoms with E-state index in [0.29, 0.717) is 19.6 Å². The number of hydrogen-bond acceptors (Lipinski definition) is 4. The lowest BCUT2D eigenvalue weighted by molar-refractivity contribution is -0.147. The van der Waals surface area contributed by atoms with E-state index in [2.05, 4.69) is 5.32 Å². The Labute approximate surface area is 65.5 Å². The third kappa shape index (κ3) is 1.91. The Balaban J connectivity index is 2.39. The van der Waals surface area contributed by atoms with Crippen molar-refractivity contribution < 1.29 is 14.6 Å². The molecule has 0 bridgehead atoms. The van der Waals surface area contributed by atoms with Gasteiger partial charge in [-0.05, 0) is 19.9 Å². The van der Waals surface area contributed by atoms with E-state index < -0.39 is 12.1 Å². The van der Waals surface area contributed by atoms with Gasteiger partial charge < -0.3 is 15.2 Å². The van der Waals surface area contributed by atoms with Crippen molar-refractivity contribution in [3.05, 3.63) is 0 Å². The SMILES string of the molecule is CCOC(=O)[C@H]1NCC[C@@H]1O. The summed E-state index contributed by atoms with van der Waals surface area (Å²) >= 11 is 0. The second-order valence-electron chi connectivity index (χ2n) is 2.54. The highest BCUT2D eigenvalue weighted by atomic mass is 16.5. The average Bonchev–Trinajstić information content (AvgIpc) is 2.36. The van der Waals surface area contributed by atoms with Gasteiger partial charge in [0.25, 0.3) is 0 Å². The van der Waals surface area contributed by atoms with Crippen LogP contribution in [0.4, 0.5) is 0 Å². The third-order valence-corrected chi connectivity index (χ3v) is 1.73. The molecule has 1 fully saturated rings. The molecule has 4 heteroatoms. The summed E-state index contributed by atoms with van der Waals surface area (Å²) in [6.45, 7) is 2.80. The Bertz CT molecular complexity index is 149. The predicted molar refractivity (Wildman–Crippen MR) is 39.0 cm³/mol. The summed E-state index contributed by atoms with van der Waals surface area (Å²) in [6.07, 6.45) is 0.0535. The Kier molecular flexibility index (Phi) is 2.84. The summed E-state index contributed by atoms with van der Waals surface area (Å²) in [7, 11) is 0. The van der Waals surface area contributed by atoms with Crippen LogP contribution in [0.2, 0.25) is 0 Å². The van der Waals surface area contributed by atoms with Gasteiger partial charge in [0.05, 0.1) is 12.7 Å².